The average Bonchev–Trinajstić information content (AvgIpc) is 3.28. The van der Waals surface area contributed by atoms with E-state index in [-0.39, 0.29) is 6.03 Å². The number of ether oxygens (including phenoxy) is 1. The van der Waals surface area contributed by atoms with E-state index in [2.05, 4.69) is 42.5 Å². The monoisotopic (exact) mass is 448 g/mol. The number of fused-ring (bicyclic) bond motifs is 1. The number of rotatable bonds is 4. The maximum atomic E-state index is 12.9. The molecule has 1 aliphatic carbocycles. The van der Waals surface area contributed by atoms with Crippen molar-refractivity contribution in [2.45, 2.75) is 44.4 Å². The third kappa shape index (κ3) is 4.76. The highest BCUT2D eigenvalue weighted by molar-refractivity contribution is 5.94. The maximum Gasteiger partial charge on any atom is 0.324 e. The topological polar surface area (TPSA) is 70.1 Å². The summed E-state index contributed by atoms with van der Waals surface area (Å²) < 4.78 is 5.38. The number of aliphatic carboxylic acids is 1. The molecule has 1 saturated heterocycles. The molecule has 2 aliphatic heterocycles. The lowest BCUT2D eigenvalue weighted by Gasteiger charge is -2.31. The van der Waals surface area contributed by atoms with Crippen LogP contribution in [0.2, 0.25) is 0 Å². The summed E-state index contributed by atoms with van der Waals surface area (Å²) in [5, 5.41) is 9.02. The van der Waals surface area contributed by atoms with Gasteiger partial charge in [0.25, 0.3) is 0 Å². The standard InChI is InChI=1S/C27H32N2O4/c30-26(31)17-19-1-3-20(4-2-19)21-5-7-22(8-6-21)23-9-10-25-24(18-23)11-12-29(25)27(32)28-13-15-33-16-14-28/h5-10,18-20H,1-4,11-17H2,(H,30,31)/t19-,20-. The number of carboxylic acid groups (broad SMARTS) is 1. The first kappa shape index (κ1) is 22.0. The summed E-state index contributed by atoms with van der Waals surface area (Å²) in [4.78, 5) is 27.7. The molecule has 6 nitrogen and oxygen atoms in total. The molecule has 0 unspecified atom stereocenters. The van der Waals surface area contributed by atoms with E-state index in [4.69, 9.17) is 9.84 Å². The van der Waals surface area contributed by atoms with Crippen LogP contribution >= 0.6 is 0 Å². The molecule has 2 amide bonds. The molecule has 0 radical (unpaired) electrons. The van der Waals surface area contributed by atoms with Gasteiger partial charge in [-0.05, 0) is 78.3 Å². The Balaban J connectivity index is 1.24. The number of carbonyl (C=O) groups is 2. The van der Waals surface area contributed by atoms with Gasteiger partial charge in [0, 0.05) is 31.7 Å². The molecule has 2 fully saturated rings. The van der Waals surface area contributed by atoms with E-state index in [1.54, 1.807) is 0 Å². The number of anilines is 1. The van der Waals surface area contributed by atoms with Crippen LogP contribution in [0.4, 0.5) is 10.5 Å². The molecule has 6 heteroatoms. The molecule has 0 bridgehead atoms. The van der Waals surface area contributed by atoms with Crippen molar-refractivity contribution in [2.75, 3.05) is 37.7 Å². The van der Waals surface area contributed by atoms with E-state index in [0.29, 0.717) is 44.6 Å². The van der Waals surface area contributed by atoms with Gasteiger partial charge in [0.2, 0.25) is 0 Å². The van der Waals surface area contributed by atoms with Crippen LogP contribution in [0.25, 0.3) is 11.1 Å². The lowest BCUT2D eigenvalue weighted by molar-refractivity contribution is -0.138. The molecule has 0 atom stereocenters. The van der Waals surface area contributed by atoms with Crippen LogP contribution in [0, 0.1) is 5.92 Å². The minimum absolute atomic E-state index is 0.0900. The molecule has 1 N–H and O–H groups in total. The van der Waals surface area contributed by atoms with Gasteiger partial charge in [-0.1, -0.05) is 30.3 Å². The van der Waals surface area contributed by atoms with Gasteiger partial charge in [0.15, 0.2) is 0 Å². The predicted molar refractivity (Wildman–Crippen MR) is 128 cm³/mol. The first-order valence-corrected chi connectivity index (χ1v) is 12.2. The number of benzene rings is 2. The first-order chi connectivity index (χ1) is 16.1. The second kappa shape index (κ2) is 9.56. The molecule has 2 aromatic carbocycles. The second-order valence-electron chi connectivity index (χ2n) is 9.56. The fraction of sp³-hybridized carbons (Fsp3) is 0.481. The van der Waals surface area contributed by atoms with Gasteiger partial charge >= 0.3 is 12.0 Å². The highest BCUT2D eigenvalue weighted by Crippen LogP contribution is 2.38. The third-order valence-corrected chi connectivity index (χ3v) is 7.51. The Kier molecular flexibility index (Phi) is 6.36. The number of hydrogen-bond donors (Lipinski definition) is 1. The molecular weight excluding hydrogens is 416 g/mol. The average molecular weight is 449 g/mol. The van der Waals surface area contributed by atoms with Crippen LogP contribution in [-0.2, 0) is 16.0 Å². The molecule has 0 spiro atoms. The van der Waals surface area contributed by atoms with Gasteiger partial charge in [-0.25, -0.2) is 4.79 Å². The number of amides is 2. The number of carbonyl (C=O) groups excluding carboxylic acids is 1. The van der Waals surface area contributed by atoms with E-state index < -0.39 is 5.97 Å². The minimum Gasteiger partial charge on any atom is -0.481 e. The van der Waals surface area contributed by atoms with Crippen molar-refractivity contribution < 1.29 is 19.4 Å². The van der Waals surface area contributed by atoms with Crippen molar-refractivity contribution in [1.82, 2.24) is 4.90 Å². The van der Waals surface area contributed by atoms with E-state index in [0.717, 1.165) is 44.3 Å². The van der Waals surface area contributed by atoms with Crippen LogP contribution in [-0.4, -0.2) is 54.9 Å². The quantitative estimate of drug-likeness (QED) is 0.721. The van der Waals surface area contributed by atoms with Crippen LogP contribution < -0.4 is 4.90 Å². The number of morpholine rings is 1. The van der Waals surface area contributed by atoms with Gasteiger partial charge in [-0.3, -0.25) is 9.69 Å². The van der Waals surface area contributed by atoms with Crippen molar-refractivity contribution in [3.05, 3.63) is 53.6 Å². The van der Waals surface area contributed by atoms with E-state index in [9.17, 15) is 9.59 Å². The third-order valence-electron chi connectivity index (χ3n) is 7.51. The Bertz CT molecular complexity index is 1010. The van der Waals surface area contributed by atoms with Crippen LogP contribution in [0.3, 0.4) is 0 Å². The van der Waals surface area contributed by atoms with Crippen LogP contribution in [0.15, 0.2) is 42.5 Å². The Morgan fingerprint density at radius 1 is 0.909 bits per heavy atom. The van der Waals surface area contributed by atoms with E-state index >= 15 is 0 Å². The normalized spacial score (nSPS) is 22.8. The van der Waals surface area contributed by atoms with E-state index in [1.807, 2.05) is 9.80 Å². The smallest absolute Gasteiger partial charge is 0.324 e. The lowest BCUT2D eigenvalue weighted by atomic mass is 9.77. The Hall–Kier alpha value is -2.86. The van der Waals surface area contributed by atoms with Crippen LogP contribution in [0.5, 0.6) is 0 Å². The summed E-state index contributed by atoms with van der Waals surface area (Å²) in [7, 11) is 0. The summed E-state index contributed by atoms with van der Waals surface area (Å²) in [5.41, 5.74) is 6.00. The molecule has 1 saturated carbocycles. The molecule has 2 heterocycles. The lowest BCUT2D eigenvalue weighted by Crippen LogP contribution is -2.47. The van der Waals surface area contributed by atoms with Crippen molar-refractivity contribution in [3.63, 3.8) is 0 Å². The Morgan fingerprint density at radius 2 is 1.61 bits per heavy atom. The van der Waals surface area contributed by atoms with Crippen molar-refractivity contribution in [3.8, 4) is 11.1 Å². The van der Waals surface area contributed by atoms with Crippen molar-refractivity contribution >= 4 is 17.7 Å². The molecule has 5 rings (SSSR count). The zero-order valence-corrected chi connectivity index (χ0v) is 19.0. The molecule has 174 valence electrons. The second-order valence-corrected chi connectivity index (χ2v) is 9.56. The summed E-state index contributed by atoms with van der Waals surface area (Å²) in [6.07, 6.45) is 5.34. The predicted octanol–water partition coefficient (Wildman–Crippen LogP) is 4.92. The first-order valence-electron chi connectivity index (χ1n) is 12.2. The highest BCUT2D eigenvalue weighted by Gasteiger charge is 2.29. The Labute approximate surface area is 195 Å². The number of hydrogen-bond acceptors (Lipinski definition) is 3. The summed E-state index contributed by atoms with van der Waals surface area (Å²) in [5.74, 6) is 0.189. The molecule has 3 aliphatic rings. The fourth-order valence-electron chi connectivity index (χ4n) is 5.60. The number of urea groups is 1. The number of carboxylic acids is 1. The summed E-state index contributed by atoms with van der Waals surface area (Å²) >= 11 is 0. The minimum atomic E-state index is -0.675. The van der Waals surface area contributed by atoms with Crippen molar-refractivity contribution in [2.24, 2.45) is 5.92 Å². The molecule has 0 aromatic heterocycles. The molecular formula is C27H32N2O4. The van der Waals surface area contributed by atoms with E-state index in [1.165, 1.54) is 22.3 Å². The van der Waals surface area contributed by atoms with Gasteiger partial charge in [0.1, 0.15) is 0 Å². The Morgan fingerprint density at radius 3 is 2.30 bits per heavy atom. The van der Waals surface area contributed by atoms with Gasteiger partial charge in [0.05, 0.1) is 13.2 Å². The SMILES string of the molecule is O=C(O)C[C@H]1CC[C@H](c2ccc(-c3ccc4c(c3)CCN4C(=O)N3CCOCC3)cc2)CC1. The van der Waals surface area contributed by atoms with Crippen molar-refractivity contribution in [1.29, 1.82) is 0 Å². The maximum absolute atomic E-state index is 12.9. The highest BCUT2D eigenvalue weighted by atomic mass is 16.5. The summed E-state index contributed by atoms with van der Waals surface area (Å²) in [6, 6.07) is 15.4. The molecule has 33 heavy (non-hydrogen) atoms. The fourth-order valence-corrected chi connectivity index (χ4v) is 5.60. The zero-order valence-electron chi connectivity index (χ0n) is 19.0. The summed E-state index contributed by atoms with van der Waals surface area (Å²) in [6.45, 7) is 3.29. The molecule has 2 aromatic rings. The zero-order chi connectivity index (χ0) is 22.8. The van der Waals surface area contributed by atoms with Crippen LogP contribution in [0.1, 0.15) is 49.1 Å². The number of nitrogens with zero attached hydrogens (tertiary/aromatic N) is 2. The largest absolute Gasteiger partial charge is 0.481 e. The van der Waals surface area contributed by atoms with Gasteiger partial charge in [-0.2, -0.15) is 0 Å². The van der Waals surface area contributed by atoms with Gasteiger partial charge < -0.3 is 14.7 Å². The van der Waals surface area contributed by atoms with Gasteiger partial charge in [-0.15, -0.1) is 0 Å².